The highest BCUT2D eigenvalue weighted by molar-refractivity contribution is 7.09. The minimum atomic E-state index is -0.553. The Labute approximate surface area is 141 Å². The third kappa shape index (κ3) is 3.21. The molecule has 1 N–H and O–H groups in total. The van der Waals surface area contributed by atoms with Crippen molar-refractivity contribution < 1.29 is 9.18 Å². The first-order valence-corrected chi connectivity index (χ1v) is 8.49. The predicted molar refractivity (Wildman–Crippen MR) is 92.0 cm³/mol. The molecule has 5 nitrogen and oxygen atoms in total. The Morgan fingerprint density at radius 1 is 1.38 bits per heavy atom. The highest BCUT2D eigenvalue weighted by Crippen LogP contribution is 2.12. The number of hydrogen-bond acceptors (Lipinski definition) is 4. The van der Waals surface area contributed by atoms with E-state index in [1.54, 1.807) is 11.3 Å². The van der Waals surface area contributed by atoms with E-state index in [0.717, 1.165) is 10.9 Å². The molecule has 3 rings (SSSR count). The van der Waals surface area contributed by atoms with Crippen LogP contribution < -0.4 is 10.7 Å². The Kier molecular flexibility index (Phi) is 4.71. The van der Waals surface area contributed by atoms with Crippen molar-refractivity contribution in [3.05, 3.63) is 62.3 Å². The monoisotopic (exact) mass is 345 g/mol. The number of fused-ring (bicyclic) bond motifs is 1. The fourth-order valence-corrected chi connectivity index (χ4v) is 3.20. The first-order chi connectivity index (χ1) is 11.6. The van der Waals surface area contributed by atoms with Gasteiger partial charge in [-0.25, -0.2) is 4.39 Å². The number of carbonyl (C=O) groups excluding carboxylic acids is 1. The van der Waals surface area contributed by atoms with Crippen LogP contribution in [0.15, 0.2) is 40.5 Å². The number of carbonyl (C=O) groups is 1. The van der Waals surface area contributed by atoms with Gasteiger partial charge in [0.15, 0.2) is 5.69 Å². The van der Waals surface area contributed by atoms with Crippen molar-refractivity contribution in [2.24, 2.45) is 0 Å². The summed E-state index contributed by atoms with van der Waals surface area (Å²) < 4.78 is 15.0. The lowest BCUT2D eigenvalue weighted by atomic mass is 10.2. The maximum absolute atomic E-state index is 13.5. The molecule has 0 fully saturated rings. The Morgan fingerprint density at radius 2 is 2.21 bits per heavy atom. The van der Waals surface area contributed by atoms with E-state index in [4.69, 9.17) is 0 Å². The molecule has 0 atom stereocenters. The van der Waals surface area contributed by atoms with Crippen LogP contribution in [0.25, 0.3) is 10.9 Å². The molecule has 7 heteroatoms. The molecule has 0 unspecified atom stereocenters. The van der Waals surface area contributed by atoms with Crippen LogP contribution in [0.3, 0.4) is 0 Å². The number of hydrogen-bond donors (Lipinski definition) is 1. The lowest BCUT2D eigenvalue weighted by Gasteiger charge is -2.10. The van der Waals surface area contributed by atoms with Crippen LogP contribution in [-0.4, -0.2) is 22.2 Å². The van der Waals surface area contributed by atoms with E-state index in [9.17, 15) is 14.0 Å². The maximum Gasteiger partial charge on any atom is 0.275 e. The highest BCUT2D eigenvalue weighted by Gasteiger charge is 2.17. The van der Waals surface area contributed by atoms with E-state index in [0.29, 0.717) is 25.0 Å². The van der Waals surface area contributed by atoms with Crippen molar-refractivity contribution in [1.82, 2.24) is 15.1 Å². The lowest BCUT2D eigenvalue weighted by Crippen LogP contribution is -2.33. The molecule has 124 valence electrons. The second-order valence-electron chi connectivity index (χ2n) is 5.24. The van der Waals surface area contributed by atoms with Crippen LogP contribution >= 0.6 is 11.3 Å². The average molecular weight is 345 g/mol. The molecule has 3 aromatic rings. The fraction of sp³-hybridized carbons (Fsp3) is 0.235. The molecule has 1 amide bonds. The van der Waals surface area contributed by atoms with Gasteiger partial charge in [-0.1, -0.05) is 6.07 Å². The van der Waals surface area contributed by atoms with Crippen LogP contribution in [0, 0.1) is 5.82 Å². The van der Waals surface area contributed by atoms with Crippen LogP contribution in [0.2, 0.25) is 0 Å². The summed E-state index contributed by atoms with van der Waals surface area (Å²) in [4.78, 5) is 25.9. The average Bonchev–Trinajstić information content (AvgIpc) is 3.09. The van der Waals surface area contributed by atoms with Gasteiger partial charge in [-0.15, -0.1) is 11.3 Å². The number of rotatable bonds is 5. The van der Waals surface area contributed by atoms with E-state index in [-0.39, 0.29) is 11.1 Å². The van der Waals surface area contributed by atoms with Crippen molar-refractivity contribution >= 4 is 28.1 Å². The van der Waals surface area contributed by atoms with Crippen molar-refractivity contribution in [1.29, 1.82) is 0 Å². The zero-order chi connectivity index (χ0) is 17.1. The van der Waals surface area contributed by atoms with E-state index in [1.165, 1.54) is 16.8 Å². The zero-order valence-electron chi connectivity index (χ0n) is 13.1. The lowest BCUT2D eigenvalue weighted by molar-refractivity contribution is 0.0946. The molecule has 0 radical (unpaired) electrons. The third-order valence-electron chi connectivity index (χ3n) is 3.67. The minimum Gasteiger partial charge on any atom is -0.350 e. The van der Waals surface area contributed by atoms with Gasteiger partial charge in [0.25, 0.3) is 5.91 Å². The van der Waals surface area contributed by atoms with Gasteiger partial charge in [0.05, 0.1) is 10.9 Å². The van der Waals surface area contributed by atoms with Gasteiger partial charge in [0.1, 0.15) is 5.82 Å². The summed E-state index contributed by atoms with van der Waals surface area (Å²) in [6, 6.07) is 7.85. The van der Waals surface area contributed by atoms with Gasteiger partial charge < -0.3 is 5.32 Å². The second kappa shape index (κ2) is 6.92. The summed E-state index contributed by atoms with van der Waals surface area (Å²) in [6.45, 7) is 2.73. The van der Waals surface area contributed by atoms with Gasteiger partial charge in [-0.05, 0) is 43.0 Å². The number of aryl methyl sites for hydroxylation is 1. The maximum atomic E-state index is 13.5. The number of nitrogens with one attached hydrogen (secondary N) is 1. The molecular weight excluding hydrogens is 329 g/mol. The normalized spacial score (nSPS) is 10.9. The Bertz CT molecular complexity index is 935. The van der Waals surface area contributed by atoms with E-state index in [1.807, 2.05) is 24.4 Å². The zero-order valence-corrected chi connectivity index (χ0v) is 13.9. The molecule has 24 heavy (non-hydrogen) atoms. The summed E-state index contributed by atoms with van der Waals surface area (Å²) in [7, 11) is 0. The fourth-order valence-electron chi connectivity index (χ4n) is 2.49. The first-order valence-electron chi connectivity index (χ1n) is 7.61. The first kappa shape index (κ1) is 16.3. The predicted octanol–water partition coefficient (Wildman–Crippen LogP) is 2.59. The van der Waals surface area contributed by atoms with Crippen molar-refractivity contribution in [3.8, 4) is 0 Å². The Hall–Kier alpha value is -2.54. The summed E-state index contributed by atoms with van der Waals surface area (Å²) in [5.41, 5.74) is -0.247. The van der Waals surface area contributed by atoms with Crippen molar-refractivity contribution in [3.63, 3.8) is 0 Å². The largest absolute Gasteiger partial charge is 0.350 e. The molecule has 0 aliphatic heterocycles. The molecular formula is C17H16FN3O2S. The van der Waals surface area contributed by atoms with E-state index in [2.05, 4.69) is 10.4 Å². The summed E-state index contributed by atoms with van der Waals surface area (Å²) >= 11 is 1.61. The molecule has 0 aliphatic rings. The third-order valence-corrected chi connectivity index (χ3v) is 4.60. The number of aromatic nitrogens is 2. The number of amides is 1. The molecule has 2 heterocycles. The number of halogens is 1. The topological polar surface area (TPSA) is 64.0 Å². The SMILES string of the molecule is CCn1nc(C(=O)NCCc2cccs2)c(=O)c2cc(F)ccc21. The molecule has 0 saturated carbocycles. The van der Waals surface area contributed by atoms with Gasteiger partial charge in [0, 0.05) is 18.0 Å². The molecule has 0 saturated heterocycles. The summed E-state index contributed by atoms with van der Waals surface area (Å²) in [6.07, 6.45) is 0.688. The second-order valence-corrected chi connectivity index (χ2v) is 6.27. The number of thiophene rings is 1. The van der Waals surface area contributed by atoms with Crippen LogP contribution in [-0.2, 0) is 13.0 Å². The molecule has 0 aliphatic carbocycles. The quantitative estimate of drug-likeness (QED) is 0.773. The summed E-state index contributed by atoms with van der Waals surface area (Å²) in [5.74, 6) is -1.05. The van der Waals surface area contributed by atoms with Gasteiger partial charge >= 0.3 is 0 Å². The smallest absolute Gasteiger partial charge is 0.275 e. The van der Waals surface area contributed by atoms with Crippen molar-refractivity contribution in [2.75, 3.05) is 6.54 Å². The molecule has 1 aromatic carbocycles. The summed E-state index contributed by atoms with van der Waals surface area (Å²) in [5, 5.41) is 8.97. The van der Waals surface area contributed by atoms with E-state index >= 15 is 0 Å². The van der Waals surface area contributed by atoms with Gasteiger partial charge in [0.2, 0.25) is 5.43 Å². The van der Waals surface area contributed by atoms with Crippen LogP contribution in [0.1, 0.15) is 22.3 Å². The Morgan fingerprint density at radius 3 is 2.92 bits per heavy atom. The number of benzene rings is 1. The molecule has 2 aromatic heterocycles. The van der Waals surface area contributed by atoms with Crippen LogP contribution in [0.4, 0.5) is 4.39 Å². The number of nitrogens with zero attached hydrogens (tertiary/aromatic N) is 2. The van der Waals surface area contributed by atoms with E-state index < -0.39 is 17.2 Å². The minimum absolute atomic E-state index is 0.162. The van der Waals surface area contributed by atoms with Gasteiger partial charge in [-0.2, -0.15) is 5.10 Å². The molecule has 0 spiro atoms. The highest BCUT2D eigenvalue weighted by atomic mass is 32.1. The standard InChI is InChI=1S/C17H16FN3O2S/c1-2-21-14-6-5-11(18)10-13(14)16(22)15(20-21)17(23)19-8-7-12-4-3-9-24-12/h3-6,9-10H,2,7-8H2,1H3,(H,19,23). The molecule has 0 bridgehead atoms. The van der Waals surface area contributed by atoms with Gasteiger partial charge in [-0.3, -0.25) is 14.3 Å². The van der Waals surface area contributed by atoms with Crippen molar-refractivity contribution in [2.45, 2.75) is 19.9 Å². The van der Waals surface area contributed by atoms with Crippen LogP contribution in [0.5, 0.6) is 0 Å². The Balaban J connectivity index is 1.89.